The third-order valence-electron chi connectivity index (χ3n) is 3.83. The molecule has 1 N–H and O–H groups in total. The van der Waals surface area contributed by atoms with Crippen LogP contribution in [0.25, 0.3) is 0 Å². The minimum Gasteiger partial charge on any atom is -0.468 e. The van der Waals surface area contributed by atoms with Crippen molar-refractivity contribution >= 4 is 22.1 Å². The molecule has 1 aliphatic rings. The fraction of sp³-hybridized carbons (Fsp3) is 0.867. The van der Waals surface area contributed by atoms with Gasteiger partial charge in [0.05, 0.1) is 19.6 Å². The van der Waals surface area contributed by atoms with E-state index in [1.54, 1.807) is 6.92 Å². The van der Waals surface area contributed by atoms with E-state index < -0.39 is 28.1 Å². The van der Waals surface area contributed by atoms with E-state index >= 15 is 0 Å². The quantitative estimate of drug-likeness (QED) is 0.636. The highest BCUT2D eigenvalue weighted by Crippen LogP contribution is 2.20. The summed E-state index contributed by atoms with van der Waals surface area (Å²) in [7, 11) is -2.67. The van der Waals surface area contributed by atoms with Gasteiger partial charge in [-0.15, -0.1) is 0 Å². The van der Waals surface area contributed by atoms with Crippen molar-refractivity contribution in [1.29, 1.82) is 0 Å². The molecule has 1 rings (SSSR count). The number of rotatable bonds is 8. The lowest BCUT2D eigenvalue weighted by atomic mass is 10.0. The zero-order valence-electron chi connectivity index (χ0n) is 14.8. The van der Waals surface area contributed by atoms with E-state index in [0.29, 0.717) is 25.8 Å². The first-order chi connectivity index (χ1) is 11.2. The number of carbonyl (C=O) groups is 2. The lowest BCUT2D eigenvalue weighted by molar-refractivity contribution is -0.149. The summed E-state index contributed by atoms with van der Waals surface area (Å²) in [6.45, 7) is 6.12. The molecular formula is C15H28N2O6S. The Morgan fingerprint density at radius 3 is 2.54 bits per heavy atom. The molecule has 1 saturated heterocycles. The van der Waals surface area contributed by atoms with E-state index in [1.807, 2.05) is 13.8 Å². The Morgan fingerprint density at radius 1 is 1.33 bits per heavy atom. The molecule has 0 radical (unpaired) electrons. The van der Waals surface area contributed by atoms with E-state index in [-0.39, 0.29) is 25.0 Å². The predicted octanol–water partition coefficient (Wildman–Crippen LogP) is 0.684. The largest absolute Gasteiger partial charge is 0.468 e. The fourth-order valence-corrected chi connectivity index (χ4v) is 4.12. The predicted molar refractivity (Wildman–Crippen MR) is 88.2 cm³/mol. The summed E-state index contributed by atoms with van der Waals surface area (Å²) in [6, 6.07) is -0.942. The molecule has 1 heterocycles. The first-order valence-electron chi connectivity index (χ1n) is 8.23. The van der Waals surface area contributed by atoms with Crippen molar-refractivity contribution < 1.29 is 27.5 Å². The van der Waals surface area contributed by atoms with Gasteiger partial charge in [0, 0.05) is 13.1 Å². The summed E-state index contributed by atoms with van der Waals surface area (Å²) in [4.78, 5) is 23.7. The number of piperidine rings is 1. The number of nitrogens with one attached hydrogen (secondary N) is 1. The van der Waals surface area contributed by atoms with Crippen LogP contribution < -0.4 is 4.72 Å². The van der Waals surface area contributed by atoms with Crippen molar-refractivity contribution in [2.24, 2.45) is 11.8 Å². The topological polar surface area (TPSA) is 102 Å². The molecule has 0 aromatic carbocycles. The van der Waals surface area contributed by atoms with E-state index in [1.165, 1.54) is 11.4 Å². The molecule has 8 nitrogen and oxygen atoms in total. The van der Waals surface area contributed by atoms with Crippen LogP contribution >= 0.6 is 0 Å². The van der Waals surface area contributed by atoms with Gasteiger partial charge in [0.25, 0.3) is 10.2 Å². The van der Waals surface area contributed by atoms with Gasteiger partial charge < -0.3 is 9.47 Å². The van der Waals surface area contributed by atoms with E-state index in [0.717, 1.165) is 0 Å². The number of ether oxygens (including phenoxy) is 2. The molecule has 2 atom stereocenters. The van der Waals surface area contributed by atoms with Gasteiger partial charge in [-0.1, -0.05) is 13.8 Å². The van der Waals surface area contributed by atoms with Crippen molar-refractivity contribution in [1.82, 2.24) is 9.03 Å². The van der Waals surface area contributed by atoms with Crippen molar-refractivity contribution in [3.8, 4) is 0 Å². The summed E-state index contributed by atoms with van der Waals surface area (Å²) >= 11 is 0. The first-order valence-corrected chi connectivity index (χ1v) is 9.67. The third kappa shape index (κ3) is 6.03. The van der Waals surface area contributed by atoms with E-state index in [2.05, 4.69) is 9.46 Å². The maximum atomic E-state index is 12.6. The Labute approximate surface area is 144 Å². The summed E-state index contributed by atoms with van der Waals surface area (Å²) in [5.74, 6) is -1.36. The van der Waals surface area contributed by atoms with Crippen LogP contribution in [0.5, 0.6) is 0 Å². The average molecular weight is 364 g/mol. The molecule has 0 bridgehead atoms. The Hall–Kier alpha value is -1.19. The summed E-state index contributed by atoms with van der Waals surface area (Å²) in [5.41, 5.74) is 0. The Kier molecular flexibility index (Phi) is 8.11. The van der Waals surface area contributed by atoms with Crippen LogP contribution in [0.3, 0.4) is 0 Å². The number of carbonyl (C=O) groups excluding carboxylic acids is 2. The summed E-state index contributed by atoms with van der Waals surface area (Å²) < 4.78 is 38.4. The Balaban J connectivity index is 2.81. The molecule has 1 aliphatic heterocycles. The molecule has 9 heteroatoms. The lowest BCUT2D eigenvalue weighted by Gasteiger charge is -2.31. The number of nitrogens with zero attached hydrogens (tertiary/aromatic N) is 1. The molecule has 0 aromatic heterocycles. The minimum absolute atomic E-state index is 0.0593. The maximum Gasteiger partial charge on any atom is 0.323 e. The second-order valence-corrected chi connectivity index (χ2v) is 7.98. The molecule has 0 spiro atoms. The molecule has 1 fully saturated rings. The van der Waals surface area contributed by atoms with Crippen LogP contribution in [-0.2, 0) is 29.3 Å². The maximum absolute atomic E-state index is 12.6. The summed E-state index contributed by atoms with van der Waals surface area (Å²) in [5, 5.41) is 0. The van der Waals surface area contributed by atoms with Crippen LogP contribution in [0.4, 0.5) is 0 Å². The molecule has 0 aliphatic carbocycles. The standard InChI is InChI=1S/C15H28N2O6S/c1-5-23-14(18)12-7-6-8-17(10-12)24(20,21)16-13(9-11(2)3)15(19)22-4/h11-13,16H,5-10H2,1-4H3/t12-,13+/m1/s1. The molecule has 0 saturated carbocycles. The van der Waals surface area contributed by atoms with Gasteiger partial charge in [-0.25, -0.2) is 0 Å². The molecule has 24 heavy (non-hydrogen) atoms. The number of hydrogen-bond donors (Lipinski definition) is 1. The number of esters is 2. The number of methoxy groups -OCH3 is 1. The Morgan fingerprint density at radius 2 is 2.00 bits per heavy atom. The molecule has 0 aromatic rings. The zero-order valence-corrected chi connectivity index (χ0v) is 15.6. The highest BCUT2D eigenvalue weighted by atomic mass is 32.2. The van der Waals surface area contributed by atoms with E-state index in [9.17, 15) is 18.0 Å². The lowest BCUT2D eigenvalue weighted by Crippen LogP contribution is -2.52. The van der Waals surface area contributed by atoms with Gasteiger partial charge in [-0.05, 0) is 32.1 Å². The van der Waals surface area contributed by atoms with Crippen molar-refractivity contribution in [2.75, 3.05) is 26.8 Å². The van der Waals surface area contributed by atoms with Crippen LogP contribution in [-0.4, -0.2) is 57.5 Å². The normalized spacial score (nSPS) is 20.6. The zero-order chi connectivity index (χ0) is 18.3. The number of hydrogen-bond acceptors (Lipinski definition) is 6. The van der Waals surface area contributed by atoms with Gasteiger partial charge in [-0.3, -0.25) is 9.59 Å². The highest BCUT2D eigenvalue weighted by molar-refractivity contribution is 7.87. The van der Waals surface area contributed by atoms with Crippen LogP contribution in [0.2, 0.25) is 0 Å². The van der Waals surface area contributed by atoms with Crippen molar-refractivity contribution in [3.05, 3.63) is 0 Å². The average Bonchev–Trinajstić information content (AvgIpc) is 2.53. The SMILES string of the molecule is CCOC(=O)[C@@H]1CCCN(S(=O)(=O)N[C@@H](CC(C)C)C(=O)OC)C1. The van der Waals surface area contributed by atoms with Gasteiger partial charge in [0.1, 0.15) is 6.04 Å². The second kappa shape index (κ2) is 9.33. The molecular weight excluding hydrogens is 336 g/mol. The van der Waals surface area contributed by atoms with Gasteiger partial charge in [0.2, 0.25) is 0 Å². The van der Waals surface area contributed by atoms with Gasteiger partial charge in [-0.2, -0.15) is 17.4 Å². The fourth-order valence-electron chi connectivity index (χ4n) is 2.67. The van der Waals surface area contributed by atoms with Crippen LogP contribution in [0.15, 0.2) is 0 Å². The molecule has 0 amide bonds. The molecule has 0 unspecified atom stereocenters. The van der Waals surface area contributed by atoms with Crippen molar-refractivity contribution in [3.63, 3.8) is 0 Å². The third-order valence-corrected chi connectivity index (χ3v) is 5.42. The van der Waals surface area contributed by atoms with Crippen molar-refractivity contribution in [2.45, 2.75) is 46.1 Å². The minimum atomic E-state index is -3.89. The van der Waals surface area contributed by atoms with Gasteiger partial charge in [0.15, 0.2) is 0 Å². The smallest absolute Gasteiger partial charge is 0.323 e. The summed E-state index contributed by atoms with van der Waals surface area (Å²) in [6.07, 6.45) is 1.50. The van der Waals surface area contributed by atoms with E-state index in [4.69, 9.17) is 4.74 Å². The molecule has 140 valence electrons. The highest BCUT2D eigenvalue weighted by Gasteiger charge is 2.35. The first kappa shape index (κ1) is 20.9. The monoisotopic (exact) mass is 364 g/mol. The Bertz CT molecular complexity index is 534. The van der Waals surface area contributed by atoms with Crippen LogP contribution in [0.1, 0.15) is 40.0 Å². The van der Waals surface area contributed by atoms with Crippen LogP contribution in [0, 0.1) is 11.8 Å². The van der Waals surface area contributed by atoms with Gasteiger partial charge >= 0.3 is 11.9 Å². The second-order valence-electron chi connectivity index (χ2n) is 6.28.